The number of halogens is 1. The molecule has 4 aliphatic heterocycles. The monoisotopic (exact) mass is 857 g/mol. The Balaban J connectivity index is 0.886. The van der Waals surface area contributed by atoms with Gasteiger partial charge in [-0.2, -0.15) is 10.1 Å². The molecule has 3 unspecified atom stereocenters. The number of hydrogen-bond donors (Lipinski definition) is 3. The van der Waals surface area contributed by atoms with Crippen LogP contribution in [0.1, 0.15) is 82.0 Å². The molecule has 62 heavy (non-hydrogen) atoms. The van der Waals surface area contributed by atoms with Crippen molar-refractivity contribution in [1.82, 2.24) is 35.3 Å². The van der Waals surface area contributed by atoms with E-state index in [4.69, 9.17) is 26.7 Å². The van der Waals surface area contributed by atoms with Gasteiger partial charge >= 0.3 is 0 Å². The lowest BCUT2D eigenvalue weighted by Crippen LogP contribution is -2.50. The predicted octanol–water partition coefficient (Wildman–Crippen LogP) is 8.75. The Kier molecular flexibility index (Phi) is 13.0. The lowest BCUT2D eigenvalue weighted by atomic mass is 9.86. The standard InChI is InChI=1S/C49H64ClN11O/c1-9-52-33(4)14-13-31(2)45-41-11-10-12-43(47(41)57(8)56-45)59-23-21-58(22-24-59)30-38-19-20-60(29-32(38)3)49-53-28-42(50)48(55-49)54-40-26-37-16-15-34(5)61-35(6)36(17-18-44(62)51-7)25-39(27-40)46(37)61/h9-12,25-28,31-32,34,38,52H,1,4,6,13-24,29-30H2,2-3,5,7-8H3,(H,51,62)(H,53,54,55)/t31?,32?,34-,38?/m1/s1. The van der Waals surface area contributed by atoms with E-state index in [1.165, 1.54) is 27.8 Å². The summed E-state index contributed by atoms with van der Waals surface area (Å²) in [5, 5.41) is 16.2. The van der Waals surface area contributed by atoms with Gasteiger partial charge in [0.1, 0.15) is 5.02 Å². The molecule has 4 atom stereocenters. The highest BCUT2D eigenvalue weighted by Gasteiger charge is 2.33. The molecule has 2 fully saturated rings. The molecule has 328 valence electrons. The van der Waals surface area contributed by atoms with Crippen LogP contribution in [0.25, 0.3) is 17.0 Å². The largest absolute Gasteiger partial charge is 0.367 e. The molecule has 3 N–H and O–H groups in total. The summed E-state index contributed by atoms with van der Waals surface area (Å²) < 4.78 is 2.08. The molecule has 12 nitrogen and oxygen atoms in total. The van der Waals surface area contributed by atoms with Crippen LogP contribution in [0.3, 0.4) is 0 Å². The quantitative estimate of drug-likeness (QED) is 0.107. The highest BCUT2D eigenvalue weighted by molar-refractivity contribution is 6.33. The number of para-hydroxylation sites is 1. The number of hydrogen-bond acceptors (Lipinski definition) is 10. The predicted molar refractivity (Wildman–Crippen MR) is 256 cm³/mol. The molecule has 0 radical (unpaired) electrons. The number of aromatic nitrogens is 4. The van der Waals surface area contributed by atoms with Crippen molar-refractivity contribution in [2.75, 3.05) is 72.9 Å². The second-order valence-corrected chi connectivity index (χ2v) is 18.4. The van der Waals surface area contributed by atoms with Crippen molar-refractivity contribution in [2.24, 2.45) is 18.9 Å². The van der Waals surface area contributed by atoms with Crippen LogP contribution in [0.15, 0.2) is 79.4 Å². The molecular formula is C49H64ClN11O. The van der Waals surface area contributed by atoms with E-state index in [1.54, 1.807) is 19.4 Å². The maximum absolute atomic E-state index is 12.1. The van der Waals surface area contributed by atoms with Crippen LogP contribution >= 0.6 is 11.6 Å². The summed E-state index contributed by atoms with van der Waals surface area (Å²) in [6, 6.07) is 11.4. The van der Waals surface area contributed by atoms with E-state index >= 15 is 0 Å². The van der Waals surface area contributed by atoms with Gasteiger partial charge in [0.2, 0.25) is 11.9 Å². The number of rotatable bonds is 15. The summed E-state index contributed by atoms with van der Waals surface area (Å²) in [6.07, 6.45) is 11.6. The Bertz CT molecular complexity index is 2380. The van der Waals surface area contributed by atoms with E-state index in [1.807, 2.05) is 0 Å². The van der Waals surface area contributed by atoms with Gasteiger partial charge in [-0.15, -0.1) is 0 Å². The Hall–Kier alpha value is -5.33. The number of aryl methyl sites for hydroxylation is 2. The lowest BCUT2D eigenvalue weighted by Gasteiger charge is -2.43. The van der Waals surface area contributed by atoms with E-state index < -0.39 is 0 Å². The van der Waals surface area contributed by atoms with Crippen molar-refractivity contribution in [1.29, 1.82) is 0 Å². The zero-order chi connectivity index (χ0) is 43.7. The van der Waals surface area contributed by atoms with Gasteiger partial charge in [0.25, 0.3) is 0 Å². The van der Waals surface area contributed by atoms with E-state index in [9.17, 15) is 4.79 Å². The number of nitrogens with zero attached hydrogens (tertiary/aromatic N) is 8. The van der Waals surface area contributed by atoms with Crippen molar-refractivity contribution in [3.63, 3.8) is 0 Å². The Labute approximate surface area is 372 Å². The van der Waals surface area contributed by atoms with Crippen LogP contribution in [-0.4, -0.2) is 89.5 Å². The lowest BCUT2D eigenvalue weighted by molar-refractivity contribution is -0.120. The fraction of sp³-hybridized carbons (Fsp3) is 0.469. The van der Waals surface area contributed by atoms with Gasteiger partial charge in [-0.25, -0.2) is 4.98 Å². The summed E-state index contributed by atoms with van der Waals surface area (Å²) in [4.78, 5) is 31.8. The molecule has 13 heteroatoms. The number of piperidine rings is 1. The molecule has 0 aliphatic carbocycles. The van der Waals surface area contributed by atoms with Crippen molar-refractivity contribution < 1.29 is 4.79 Å². The highest BCUT2D eigenvalue weighted by atomic mass is 35.5. The smallest absolute Gasteiger partial charge is 0.227 e. The van der Waals surface area contributed by atoms with Crippen LogP contribution in [0.5, 0.6) is 0 Å². The second kappa shape index (κ2) is 18.6. The molecule has 8 rings (SSSR count). The van der Waals surface area contributed by atoms with Crippen LogP contribution < -0.4 is 30.7 Å². The van der Waals surface area contributed by atoms with Crippen molar-refractivity contribution in [3.8, 4) is 0 Å². The topological polar surface area (TPSA) is 110 Å². The third-order valence-electron chi connectivity index (χ3n) is 13.7. The van der Waals surface area contributed by atoms with E-state index in [0.29, 0.717) is 53.4 Å². The minimum Gasteiger partial charge on any atom is -0.367 e. The first-order chi connectivity index (χ1) is 29.9. The first-order valence-electron chi connectivity index (χ1n) is 22.5. The number of nitrogens with one attached hydrogen (secondary N) is 3. The minimum absolute atomic E-state index is 0.0293. The molecule has 0 spiro atoms. The normalized spacial score (nSPS) is 20.7. The number of piperazine rings is 1. The number of benzene rings is 2. The van der Waals surface area contributed by atoms with Crippen LogP contribution in [0, 0.1) is 11.8 Å². The SMILES string of the molecule is C=CNC(=C)CCC(C)c1nn(C)c2c(N3CCN(CC4CCN(c5ncc(Cl)c(Nc6cc7c8c(c6)CC[C@@H](C)N8C(=C)C(CCC(=O)NC)=C7)n5)CC4C)CC3)cccc12. The molecule has 0 saturated carbocycles. The van der Waals surface area contributed by atoms with Gasteiger partial charge in [-0.1, -0.05) is 57.3 Å². The summed E-state index contributed by atoms with van der Waals surface area (Å²) in [5.41, 5.74) is 11.3. The zero-order valence-electron chi connectivity index (χ0n) is 37.3. The highest BCUT2D eigenvalue weighted by Crippen LogP contribution is 2.45. The first kappa shape index (κ1) is 43.3. The fourth-order valence-electron chi connectivity index (χ4n) is 10.1. The summed E-state index contributed by atoms with van der Waals surface area (Å²) >= 11 is 6.78. The van der Waals surface area contributed by atoms with Gasteiger partial charge in [0.15, 0.2) is 5.82 Å². The fourth-order valence-corrected chi connectivity index (χ4v) is 10.2. The number of amides is 1. The zero-order valence-corrected chi connectivity index (χ0v) is 38.1. The van der Waals surface area contributed by atoms with Crippen LogP contribution in [0.2, 0.25) is 5.02 Å². The molecule has 2 aromatic carbocycles. The number of allylic oxidation sites excluding steroid dienone is 2. The number of fused-ring (bicyclic) bond motifs is 1. The molecule has 1 amide bonds. The van der Waals surface area contributed by atoms with Gasteiger partial charge in [-0.3, -0.25) is 14.4 Å². The first-order valence-corrected chi connectivity index (χ1v) is 22.9. The molecule has 0 bridgehead atoms. The van der Waals surface area contributed by atoms with Gasteiger partial charge in [0, 0.05) is 106 Å². The minimum atomic E-state index is 0.0293. The second-order valence-electron chi connectivity index (χ2n) is 17.9. The van der Waals surface area contributed by atoms with Gasteiger partial charge in [-0.05, 0) is 98.9 Å². The van der Waals surface area contributed by atoms with Gasteiger partial charge < -0.3 is 30.7 Å². The molecular weight excluding hydrogens is 794 g/mol. The van der Waals surface area contributed by atoms with Crippen molar-refractivity contribution in [3.05, 3.63) is 101 Å². The average molecular weight is 859 g/mol. The van der Waals surface area contributed by atoms with E-state index in [-0.39, 0.29) is 5.91 Å². The summed E-state index contributed by atoms with van der Waals surface area (Å²) in [7, 11) is 3.76. The Morgan fingerprint density at radius 2 is 1.89 bits per heavy atom. The van der Waals surface area contributed by atoms with Crippen molar-refractivity contribution >= 4 is 63.3 Å². The third kappa shape index (κ3) is 8.95. The molecule has 4 aliphatic rings. The maximum atomic E-state index is 12.1. The number of carbonyl (C=O) groups excluding carboxylic acids is 1. The van der Waals surface area contributed by atoms with Crippen LogP contribution in [0.4, 0.5) is 28.8 Å². The van der Waals surface area contributed by atoms with Gasteiger partial charge in [0.05, 0.1) is 28.8 Å². The average Bonchev–Trinajstić information content (AvgIpc) is 3.62. The Morgan fingerprint density at radius 1 is 1.08 bits per heavy atom. The molecule has 2 aromatic heterocycles. The van der Waals surface area contributed by atoms with E-state index in [2.05, 4.69) is 124 Å². The van der Waals surface area contributed by atoms with Crippen LogP contribution in [-0.2, 0) is 18.3 Å². The Morgan fingerprint density at radius 3 is 2.65 bits per heavy atom. The molecule has 6 heterocycles. The summed E-state index contributed by atoms with van der Waals surface area (Å²) in [6.45, 7) is 26.2. The van der Waals surface area contributed by atoms with Crippen molar-refractivity contribution in [2.45, 2.75) is 77.7 Å². The van der Waals surface area contributed by atoms with E-state index in [0.717, 1.165) is 112 Å². The number of carbonyl (C=O) groups is 1. The maximum Gasteiger partial charge on any atom is 0.227 e. The third-order valence-corrected chi connectivity index (χ3v) is 14.0. The number of anilines is 5. The molecule has 2 saturated heterocycles. The molecule has 4 aromatic rings. The summed E-state index contributed by atoms with van der Waals surface area (Å²) in [5.74, 6) is 2.76.